The molecule has 0 unspecified atom stereocenters. The fraction of sp³-hybridized carbons (Fsp3) is 0.350. The summed E-state index contributed by atoms with van der Waals surface area (Å²) in [6.07, 6.45) is 1.83. The van der Waals surface area contributed by atoms with E-state index >= 15 is 0 Å². The number of carbonyl (C=O) groups excluding carboxylic acids is 1. The van der Waals surface area contributed by atoms with Crippen LogP contribution in [0.1, 0.15) is 23.2 Å². The molecule has 150 valence electrons. The van der Waals surface area contributed by atoms with Crippen LogP contribution in [0.3, 0.4) is 0 Å². The lowest BCUT2D eigenvalue weighted by molar-refractivity contribution is 0.101. The van der Waals surface area contributed by atoms with E-state index in [1.165, 1.54) is 6.07 Å². The Morgan fingerprint density at radius 1 is 1.00 bits per heavy atom. The first-order valence-electron chi connectivity index (χ1n) is 8.92. The second-order valence-electron chi connectivity index (χ2n) is 7.04. The zero-order valence-corrected chi connectivity index (χ0v) is 15.6. The van der Waals surface area contributed by atoms with Crippen molar-refractivity contribution in [2.75, 3.05) is 37.4 Å². The van der Waals surface area contributed by atoms with Crippen molar-refractivity contribution in [3.05, 3.63) is 59.2 Å². The van der Waals surface area contributed by atoms with Gasteiger partial charge in [0.1, 0.15) is 28.8 Å². The largest absolute Gasteiger partial charge is 0.371 e. The molecule has 1 aliphatic heterocycles. The summed E-state index contributed by atoms with van der Waals surface area (Å²) < 4.78 is 54.7. The third-order valence-corrected chi connectivity index (χ3v) is 5.02. The second kappa shape index (κ2) is 8.18. The fourth-order valence-corrected chi connectivity index (χ4v) is 3.40. The van der Waals surface area contributed by atoms with Crippen LogP contribution in [0.25, 0.3) is 0 Å². The third kappa shape index (κ3) is 4.44. The summed E-state index contributed by atoms with van der Waals surface area (Å²) in [5.41, 5.74) is -0.316. The molecular weight excluding hydrogens is 374 g/mol. The molecule has 0 saturated carbocycles. The average Bonchev–Trinajstić information content (AvgIpc) is 2.60. The number of likely N-dealkylation sites (tertiary alicyclic amines) is 1. The molecule has 1 amide bonds. The number of nitrogens with zero attached hydrogens (tertiary/aromatic N) is 2. The lowest BCUT2D eigenvalue weighted by Crippen LogP contribution is -2.42. The highest BCUT2D eigenvalue weighted by molar-refractivity contribution is 6.04. The Bertz CT molecular complexity index is 859. The van der Waals surface area contributed by atoms with Crippen LogP contribution in [-0.2, 0) is 0 Å². The van der Waals surface area contributed by atoms with Crippen molar-refractivity contribution < 1.29 is 22.4 Å². The number of hydrogen-bond donors (Lipinski definition) is 1. The molecule has 0 aromatic heterocycles. The van der Waals surface area contributed by atoms with Crippen LogP contribution >= 0.6 is 0 Å². The molecule has 0 radical (unpaired) electrons. The summed E-state index contributed by atoms with van der Waals surface area (Å²) in [6, 6.07) is 4.99. The van der Waals surface area contributed by atoms with Crippen LogP contribution in [-0.4, -0.2) is 44.0 Å². The quantitative estimate of drug-likeness (QED) is 0.795. The molecule has 0 bridgehead atoms. The molecule has 2 aromatic carbocycles. The van der Waals surface area contributed by atoms with Crippen LogP contribution < -0.4 is 10.2 Å². The SMILES string of the molecule is CN1CCC(N(C)c2cc(F)cc(NC(=O)c3c(F)cc(F)cc3F)c2)CC1. The van der Waals surface area contributed by atoms with E-state index in [1.54, 1.807) is 6.07 Å². The maximum absolute atomic E-state index is 14.1. The van der Waals surface area contributed by atoms with Crippen molar-refractivity contribution in [3.8, 4) is 0 Å². The third-order valence-electron chi connectivity index (χ3n) is 5.02. The first-order chi connectivity index (χ1) is 13.2. The molecule has 28 heavy (non-hydrogen) atoms. The van der Waals surface area contributed by atoms with Gasteiger partial charge in [0.05, 0.1) is 0 Å². The molecule has 0 aliphatic carbocycles. The van der Waals surface area contributed by atoms with Gasteiger partial charge in [0.25, 0.3) is 5.91 Å². The van der Waals surface area contributed by atoms with Crippen molar-refractivity contribution >= 4 is 17.3 Å². The molecule has 3 rings (SSSR count). The monoisotopic (exact) mass is 395 g/mol. The van der Waals surface area contributed by atoms with Gasteiger partial charge < -0.3 is 15.1 Å². The van der Waals surface area contributed by atoms with Crippen LogP contribution in [0, 0.1) is 23.3 Å². The van der Waals surface area contributed by atoms with E-state index in [-0.39, 0.29) is 11.7 Å². The fourth-order valence-electron chi connectivity index (χ4n) is 3.40. The van der Waals surface area contributed by atoms with Crippen LogP contribution in [0.2, 0.25) is 0 Å². The van der Waals surface area contributed by atoms with Gasteiger partial charge in [0.15, 0.2) is 0 Å². The summed E-state index contributed by atoms with van der Waals surface area (Å²) in [7, 11) is 3.88. The van der Waals surface area contributed by atoms with Gasteiger partial charge >= 0.3 is 0 Å². The Labute approximate surface area is 160 Å². The van der Waals surface area contributed by atoms with Crippen molar-refractivity contribution in [1.29, 1.82) is 0 Å². The van der Waals surface area contributed by atoms with E-state index in [0.29, 0.717) is 17.8 Å². The molecule has 1 fully saturated rings. The van der Waals surface area contributed by atoms with Gasteiger partial charge in [-0.1, -0.05) is 0 Å². The molecule has 0 spiro atoms. The molecule has 4 nitrogen and oxygen atoms in total. The van der Waals surface area contributed by atoms with Gasteiger partial charge in [0, 0.05) is 36.6 Å². The van der Waals surface area contributed by atoms with Crippen molar-refractivity contribution in [2.45, 2.75) is 18.9 Å². The molecule has 1 aliphatic rings. The minimum Gasteiger partial charge on any atom is -0.371 e. The van der Waals surface area contributed by atoms with E-state index in [4.69, 9.17) is 0 Å². The summed E-state index contributed by atoms with van der Waals surface area (Å²) >= 11 is 0. The first-order valence-corrected chi connectivity index (χ1v) is 8.92. The predicted molar refractivity (Wildman–Crippen MR) is 99.6 cm³/mol. The summed E-state index contributed by atoms with van der Waals surface area (Å²) in [4.78, 5) is 16.4. The number of benzene rings is 2. The highest BCUT2D eigenvalue weighted by Gasteiger charge is 2.23. The number of halogens is 4. The predicted octanol–water partition coefficient (Wildman–Crippen LogP) is 4.03. The van der Waals surface area contributed by atoms with Crippen LogP contribution in [0.5, 0.6) is 0 Å². The summed E-state index contributed by atoms with van der Waals surface area (Å²) in [5.74, 6) is -5.48. The molecule has 0 atom stereocenters. The van der Waals surface area contributed by atoms with E-state index < -0.39 is 34.7 Å². The maximum Gasteiger partial charge on any atom is 0.261 e. The highest BCUT2D eigenvalue weighted by Crippen LogP contribution is 2.26. The second-order valence-corrected chi connectivity index (χ2v) is 7.04. The molecular formula is C20H21F4N3O. The summed E-state index contributed by atoms with van der Waals surface area (Å²) in [6.45, 7) is 1.86. The van der Waals surface area contributed by atoms with Crippen LogP contribution in [0.4, 0.5) is 28.9 Å². The first kappa shape index (κ1) is 20.1. The van der Waals surface area contributed by atoms with Gasteiger partial charge in [0.2, 0.25) is 0 Å². The van der Waals surface area contributed by atoms with E-state index in [2.05, 4.69) is 10.2 Å². The van der Waals surface area contributed by atoms with E-state index in [0.717, 1.165) is 32.0 Å². The minimum atomic E-state index is -1.32. The van der Waals surface area contributed by atoms with Crippen molar-refractivity contribution in [3.63, 3.8) is 0 Å². The average molecular weight is 395 g/mol. The van der Waals surface area contributed by atoms with Gasteiger partial charge in [-0.3, -0.25) is 4.79 Å². The summed E-state index contributed by atoms with van der Waals surface area (Å²) in [5, 5.41) is 2.29. The minimum absolute atomic E-state index is 0.0582. The molecule has 1 heterocycles. The number of carbonyl (C=O) groups is 1. The maximum atomic E-state index is 14.1. The molecule has 8 heteroatoms. The number of hydrogen-bond acceptors (Lipinski definition) is 3. The molecule has 2 aromatic rings. The standard InChI is InChI=1S/C20H21F4N3O/c1-26-5-3-15(4-6-26)27(2)16-8-12(21)7-14(11-16)25-20(28)19-17(23)9-13(22)10-18(19)24/h7-11,15H,3-6H2,1-2H3,(H,25,28). The molecule has 1 N–H and O–H groups in total. The van der Waals surface area contributed by atoms with Gasteiger partial charge in [-0.2, -0.15) is 0 Å². The Kier molecular flexibility index (Phi) is 5.88. The molecule has 1 saturated heterocycles. The number of nitrogens with one attached hydrogen (secondary N) is 1. The van der Waals surface area contributed by atoms with E-state index in [9.17, 15) is 22.4 Å². The lowest BCUT2D eigenvalue weighted by Gasteiger charge is -2.36. The lowest BCUT2D eigenvalue weighted by atomic mass is 10.0. The van der Waals surface area contributed by atoms with Gasteiger partial charge in [-0.15, -0.1) is 0 Å². The van der Waals surface area contributed by atoms with E-state index in [1.807, 2.05) is 19.0 Å². The Balaban J connectivity index is 1.81. The Morgan fingerprint density at radius 2 is 1.57 bits per heavy atom. The van der Waals surface area contributed by atoms with Crippen LogP contribution in [0.15, 0.2) is 30.3 Å². The Hall–Kier alpha value is -2.61. The number of rotatable bonds is 4. The zero-order chi connectivity index (χ0) is 20.4. The van der Waals surface area contributed by atoms with Gasteiger partial charge in [-0.05, 0) is 51.2 Å². The highest BCUT2D eigenvalue weighted by atomic mass is 19.1. The van der Waals surface area contributed by atoms with Crippen molar-refractivity contribution in [2.24, 2.45) is 0 Å². The van der Waals surface area contributed by atoms with Crippen molar-refractivity contribution in [1.82, 2.24) is 4.90 Å². The van der Waals surface area contributed by atoms with Gasteiger partial charge in [-0.25, -0.2) is 17.6 Å². The normalized spacial score (nSPS) is 15.5. The number of amides is 1. The smallest absolute Gasteiger partial charge is 0.261 e. The Morgan fingerprint density at radius 3 is 2.18 bits per heavy atom. The topological polar surface area (TPSA) is 35.6 Å². The number of anilines is 2. The zero-order valence-electron chi connectivity index (χ0n) is 15.6. The number of piperidine rings is 1.